The number of methoxy groups -OCH3 is 1. The Kier molecular flexibility index (Phi) is 3.61. The summed E-state index contributed by atoms with van der Waals surface area (Å²) in [5.74, 6) is 3.54. The first-order chi connectivity index (χ1) is 7.40. The Bertz CT molecular complexity index is 379. The van der Waals surface area contributed by atoms with Crippen LogP contribution >= 0.6 is 0 Å². The van der Waals surface area contributed by atoms with Crippen LogP contribution in [0.3, 0.4) is 0 Å². The van der Waals surface area contributed by atoms with E-state index < -0.39 is 17.5 Å². The van der Waals surface area contributed by atoms with E-state index in [1.807, 2.05) is 0 Å². The van der Waals surface area contributed by atoms with Crippen molar-refractivity contribution in [3.05, 3.63) is 23.3 Å². The van der Waals surface area contributed by atoms with Gasteiger partial charge in [0.1, 0.15) is 5.56 Å². The van der Waals surface area contributed by atoms with Crippen LogP contribution in [-0.4, -0.2) is 12.2 Å². The standard InChI is InChI=1S/C9H10F3NO3/c1-15-7-3-5(4-16-13)2-6(8(7)14)9(10,11)12/h2-3,14H,4,13H2,1H3. The second-order valence-corrected chi connectivity index (χ2v) is 3.00. The topological polar surface area (TPSA) is 64.7 Å². The van der Waals surface area contributed by atoms with E-state index in [-0.39, 0.29) is 17.9 Å². The van der Waals surface area contributed by atoms with Gasteiger partial charge in [-0.15, -0.1) is 0 Å². The second-order valence-electron chi connectivity index (χ2n) is 3.00. The molecule has 0 aromatic heterocycles. The van der Waals surface area contributed by atoms with Gasteiger partial charge in [-0.1, -0.05) is 0 Å². The van der Waals surface area contributed by atoms with Crippen molar-refractivity contribution < 1.29 is 27.9 Å². The van der Waals surface area contributed by atoms with E-state index in [0.717, 1.165) is 13.2 Å². The van der Waals surface area contributed by atoms with E-state index in [1.54, 1.807) is 0 Å². The Morgan fingerprint density at radius 2 is 2.00 bits per heavy atom. The van der Waals surface area contributed by atoms with Gasteiger partial charge in [0.15, 0.2) is 11.5 Å². The van der Waals surface area contributed by atoms with Gasteiger partial charge in [-0.25, -0.2) is 5.90 Å². The van der Waals surface area contributed by atoms with Gasteiger partial charge in [0.25, 0.3) is 0 Å². The summed E-state index contributed by atoms with van der Waals surface area (Å²) >= 11 is 0. The van der Waals surface area contributed by atoms with Crippen molar-refractivity contribution >= 4 is 0 Å². The summed E-state index contributed by atoms with van der Waals surface area (Å²) in [7, 11) is 1.16. The van der Waals surface area contributed by atoms with Crippen LogP contribution in [0, 0.1) is 0 Å². The Labute approximate surface area is 89.3 Å². The molecule has 0 fully saturated rings. The molecule has 0 radical (unpaired) electrons. The average Bonchev–Trinajstić information content (AvgIpc) is 2.19. The van der Waals surface area contributed by atoms with E-state index >= 15 is 0 Å². The Balaban J connectivity index is 3.30. The first kappa shape index (κ1) is 12.6. The lowest BCUT2D eigenvalue weighted by atomic mass is 10.1. The van der Waals surface area contributed by atoms with Crippen molar-refractivity contribution in [3.8, 4) is 11.5 Å². The van der Waals surface area contributed by atoms with E-state index in [4.69, 9.17) is 5.90 Å². The number of hydrogen-bond donors (Lipinski definition) is 2. The van der Waals surface area contributed by atoms with Crippen LogP contribution in [-0.2, 0) is 17.6 Å². The number of alkyl halides is 3. The maximum Gasteiger partial charge on any atom is 0.420 e. The van der Waals surface area contributed by atoms with Crippen molar-refractivity contribution in [2.45, 2.75) is 12.8 Å². The number of rotatable bonds is 3. The quantitative estimate of drug-likeness (QED) is 0.787. The van der Waals surface area contributed by atoms with Gasteiger partial charge in [-0.05, 0) is 17.7 Å². The highest BCUT2D eigenvalue weighted by Gasteiger charge is 2.35. The molecular formula is C9H10F3NO3. The Morgan fingerprint density at radius 1 is 1.38 bits per heavy atom. The summed E-state index contributed by atoms with van der Waals surface area (Å²) in [6.07, 6.45) is -4.66. The van der Waals surface area contributed by atoms with Crippen LogP contribution in [0.25, 0.3) is 0 Å². The molecule has 0 amide bonds. The van der Waals surface area contributed by atoms with Gasteiger partial charge >= 0.3 is 6.18 Å². The third-order valence-electron chi connectivity index (χ3n) is 1.91. The molecular weight excluding hydrogens is 227 g/mol. The summed E-state index contributed by atoms with van der Waals surface area (Å²) < 4.78 is 42.1. The third-order valence-corrected chi connectivity index (χ3v) is 1.91. The van der Waals surface area contributed by atoms with Crippen LogP contribution < -0.4 is 10.6 Å². The molecule has 3 N–H and O–H groups in total. The number of phenols is 1. The predicted octanol–water partition coefficient (Wildman–Crippen LogP) is 1.81. The highest BCUT2D eigenvalue weighted by molar-refractivity contribution is 5.49. The molecule has 0 bridgehead atoms. The zero-order valence-electron chi connectivity index (χ0n) is 8.34. The lowest BCUT2D eigenvalue weighted by Crippen LogP contribution is -2.08. The summed E-state index contributed by atoms with van der Waals surface area (Å²) in [6, 6.07) is 1.97. The van der Waals surface area contributed by atoms with Crippen LogP contribution in [0.15, 0.2) is 12.1 Å². The SMILES string of the molecule is COc1cc(CON)cc(C(F)(F)F)c1O. The van der Waals surface area contributed by atoms with Crippen LogP contribution in [0.1, 0.15) is 11.1 Å². The van der Waals surface area contributed by atoms with Gasteiger partial charge in [0.2, 0.25) is 0 Å². The summed E-state index contributed by atoms with van der Waals surface area (Å²) in [5.41, 5.74) is -1.02. The summed E-state index contributed by atoms with van der Waals surface area (Å²) in [4.78, 5) is 4.23. The first-order valence-electron chi connectivity index (χ1n) is 4.19. The number of ether oxygens (including phenoxy) is 1. The molecule has 0 unspecified atom stereocenters. The molecule has 0 saturated carbocycles. The monoisotopic (exact) mass is 237 g/mol. The van der Waals surface area contributed by atoms with Crippen LogP contribution in [0.5, 0.6) is 11.5 Å². The molecule has 90 valence electrons. The van der Waals surface area contributed by atoms with E-state index in [2.05, 4.69) is 9.57 Å². The Hall–Kier alpha value is -1.47. The number of hydrogen-bond acceptors (Lipinski definition) is 4. The number of halogens is 3. The highest BCUT2D eigenvalue weighted by Crippen LogP contribution is 2.41. The second kappa shape index (κ2) is 4.58. The normalized spacial score (nSPS) is 11.6. The number of aromatic hydroxyl groups is 1. The summed E-state index contributed by atoms with van der Waals surface area (Å²) in [5, 5.41) is 9.30. The first-order valence-corrected chi connectivity index (χ1v) is 4.19. The van der Waals surface area contributed by atoms with Gasteiger partial charge < -0.3 is 9.84 Å². The molecule has 16 heavy (non-hydrogen) atoms. The average molecular weight is 237 g/mol. The molecule has 7 heteroatoms. The van der Waals surface area contributed by atoms with Gasteiger partial charge in [0.05, 0.1) is 13.7 Å². The van der Waals surface area contributed by atoms with Crippen LogP contribution in [0.4, 0.5) is 13.2 Å². The molecule has 1 aromatic rings. The molecule has 4 nitrogen and oxygen atoms in total. The molecule has 0 spiro atoms. The number of benzene rings is 1. The molecule has 0 aliphatic carbocycles. The minimum absolute atomic E-state index is 0.157. The minimum Gasteiger partial charge on any atom is -0.504 e. The fraction of sp³-hybridized carbons (Fsp3) is 0.333. The Morgan fingerprint density at radius 3 is 2.44 bits per heavy atom. The molecule has 1 aromatic carbocycles. The highest BCUT2D eigenvalue weighted by atomic mass is 19.4. The van der Waals surface area contributed by atoms with E-state index in [9.17, 15) is 18.3 Å². The molecule has 0 saturated heterocycles. The molecule has 1 rings (SSSR count). The smallest absolute Gasteiger partial charge is 0.420 e. The third kappa shape index (κ3) is 2.56. The van der Waals surface area contributed by atoms with Crippen molar-refractivity contribution in [2.75, 3.05) is 7.11 Å². The molecule has 0 aliphatic rings. The maximum atomic E-state index is 12.5. The molecule has 0 heterocycles. The lowest BCUT2D eigenvalue weighted by Gasteiger charge is -2.13. The fourth-order valence-corrected chi connectivity index (χ4v) is 1.22. The molecule has 0 atom stereocenters. The fourth-order valence-electron chi connectivity index (χ4n) is 1.22. The zero-order valence-corrected chi connectivity index (χ0v) is 8.34. The maximum absolute atomic E-state index is 12.5. The van der Waals surface area contributed by atoms with E-state index in [0.29, 0.717) is 0 Å². The van der Waals surface area contributed by atoms with Crippen molar-refractivity contribution in [2.24, 2.45) is 5.90 Å². The summed E-state index contributed by atoms with van der Waals surface area (Å²) in [6.45, 7) is -0.209. The largest absolute Gasteiger partial charge is 0.504 e. The van der Waals surface area contributed by atoms with Crippen molar-refractivity contribution in [3.63, 3.8) is 0 Å². The minimum atomic E-state index is -4.66. The van der Waals surface area contributed by atoms with Crippen molar-refractivity contribution in [1.82, 2.24) is 0 Å². The van der Waals surface area contributed by atoms with Gasteiger partial charge in [0, 0.05) is 0 Å². The van der Waals surface area contributed by atoms with Gasteiger partial charge in [-0.3, -0.25) is 4.84 Å². The number of phenolic OH excluding ortho intramolecular Hbond substituents is 1. The number of nitrogens with two attached hydrogens (primary N) is 1. The zero-order chi connectivity index (χ0) is 12.3. The van der Waals surface area contributed by atoms with E-state index in [1.165, 1.54) is 6.07 Å². The molecule has 0 aliphatic heterocycles. The predicted molar refractivity (Wildman–Crippen MR) is 48.6 cm³/mol. The van der Waals surface area contributed by atoms with Gasteiger partial charge in [-0.2, -0.15) is 13.2 Å². The lowest BCUT2D eigenvalue weighted by molar-refractivity contribution is -0.139. The van der Waals surface area contributed by atoms with Crippen molar-refractivity contribution in [1.29, 1.82) is 0 Å². The van der Waals surface area contributed by atoms with Crippen LogP contribution in [0.2, 0.25) is 0 Å².